The number of rotatable bonds is 7. The van der Waals surface area contributed by atoms with Gasteiger partial charge < -0.3 is 10.6 Å². The second kappa shape index (κ2) is 8.32. The van der Waals surface area contributed by atoms with E-state index in [0.29, 0.717) is 18.0 Å². The molecular formula is C19H25N3O. The first-order chi connectivity index (χ1) is 11.1. The van der Waals surface area contributed by atoms with Gasteiger partial charge in [-0.25, -0.2) is 0 Å². The third-order valence-corrected chi connectivity index (χ3v) is 3.66. The lowest BCUT2D eigenvalue weighted by molar-refractivity contribution is 0.0951. The molecule has 2 aromatic rings. The largest absolute Gasteiger partial charge is 0.354 e. The average Bonchev–Trinajstić information content (AvgIpc) is 2.55. The predicted molar refractivity (Wildman–Crippen MR) is 95.1 cm³/mol. The second-order valence-electron chi connectivity index (χ2n) is 6.08. The number of pyridine rings is 1. The van der Waals surface area contributed by atoms with E-state index in [-0.39, 0.29) is 5.91 Å². The molecule has 0 aliphatic heterocycles. The number of benzene rings is 1. The van der Waals surface area contributed by atoms with E-state index in [2.05, 4.69) is 48.5 Å². The zero-order valence-corrected chi connectivity index (χ0v) is 14.1. The van der Waals surface area contributed by atoms with Gasteiger partial charge in [0, 0.05) is 18.4 Å². The number of aryl methyl sites for hydroxylation is 1. The molecule has 0 saturated carbocycles. The van der Waals surface area contributed by atoms with Gasteiger partial charge in [-0.2, -0.15) is 0 Å². The standard InChI is InChI=1S/C19H25N3O/c1-4-15-5-7-17(8-6-15)22-18-11-16(12-20-13-18)19(23)21-10-9-14(2)3/h5-8,11-14,22H,4,9-10H2,1-3H3,(H,21,23). The summed E-state index contributed by atoms with van der Waals surface area (Å²) in [5, 5.41) is 6.21. The molecule has 0 aliphatic carbocycles. The lowest BCUT2D eigenvalue weighted by Crippen LogP contribution is -2.25. The minimum atomic E-state index is -0.0804. The fraction of sp³-hybridized carbons (Fsp3) is 0.368. The maximum Gasteiger partial charge on any atom is 0.252 e. The Balaban J connectivity index is 1.99. The summed E-state index contributed by atoms with van der Waals surface area (Å²) >= 11 is 0. The van der Waals surface area contributed by atoms with Gasteiger partial charge in [-0.15, -0.1) is 0 Å². The Labute approximate surface area is 138 Å². The minimum absolute atomic E-state index is 0.0804. The molecule has 0 spiro atoms. The topological polar surface area (TPSA) is 54.0 Å². The molecular weight excluding hydrogens is 286 g/mol. The van der Waals surface area contributed by atoms with E-state index in [9.17, 15) is 4.79 Å². The van der Waals surface area contributed by atoms with Crippen LogP contribution in [0.1, 0.15) is 43.1 Å². The molecule has 0 radical (unpaired) electrons. The van der Waals surface area contributed by atoms with E-state index in [1.807, 2.05) is 18.2 Å². The molecule has 2 N–H and O–H groups in total. The van der Waals surface area contributed by atoms with Gasteiger partial charge in [0.25, 0.3) is 5.91 Å². The number of amides is 1. The van der Waals surface area contributed by atoms with Crippen molar-refractivity contribution < 1.29 is 4.79 Å². The summed E-state index contributed by atoms with van der Waals surface area (Å²) in [6.07, 6.45) is 5.31. The lowest BCUT2D eigenvalue weighted by Gasteiger charge is -2.10. The Bertz CT molecular complexity index is 635. The van der Waals surface area contributed by atoms with Crippen LogP contribution in [0.4, 0.5) is 11.4 Å². The van der Waals surface area contributed by atoms with Crippen LogP contribution in [0.3, 0.4) is 0 Å². The Morgan fingerprint density at radius 1 is 1.13 bits per heavy atom. The van der Waals surface area contributed by atoms with E-state index >= 15 is 0 Å². The SMILES string of the molecule is CCc1ccc(Nc2cncc(C(=O)NCCC(C)C)c2)cc1. The molecule has 0 saturated heterocycles. The third kappa shape index (κ3) is 5.40. The number of carbonyl (C=O) groups is 1. The summed E-state index contributed by atoms with van der Waals surface area (Å²) in [5.41, 5.74) is 3.67. The molecule has 2 rings (SSSR count). The van der Waals surface area contributed by atoms with Gasteiger partial charge in [0.15, 0.2) is 0 Å². The van der Waals surface area contributed by atoms with Gasteiger partial charge >= 0.3 is 0 Å². The van der Waals surface area contributed by atoms with Crippen molar-refractivity contribution in [3.63, 3.8) is 0 Å². The Kier molecular flexibility index (Phi) is 6.15. The summed E-state index contributed by atoms with van der Waals surface area (Å²) in [4.78, 5) is 16.3. The molecule has 0 fully saturated rings. The highest BCUT2D eigenvalue weighted by atomic mass is 16.1. The monoisotopic (exact) mass is 311 g/mol. The van der Waals surface area contributed by atoms with Crippen LogP contribution in [-0.4, -0.2) is 17.4 Å². The molecule has 1 amide bonds. The molecule has 0 unspecified atom stereocenters. The highest BCUT2D eigenvalue weighted by Crippen LogP contribution is 2.17. The first-order valence-electron chi connectivity index (χ1n) is 8.17. The van der Waals surface area contributed by atoms with Crippen LogP contribution in [0.15, 0.2) is 42.7 Å². The average molecular weight is 311 g/mol. The van der Waals surface area contributed by atoms with Crippen molar-refractivity contribution in [2.24, 2.45) is 5.92 Å². The number of hydrogen-bond acceptors (Lipinski definition) is 3. The molecule has 1 aromatic heterocycles. The summed E-state index contributed by atoms with van der Waals surface area (Å²) < 4.78 is 0. The summed E-state index contributed by atoms with van der Waals surface area (Å²) in [5.74, 6) is 0.496. The lowest BCUT2D eigenvalue weighted by atomic mass is 10.1. The number of hydrogen-bond donors (Lipinski definition) is 2. The molecule has 0 aliphatic rings. The fourth-order valence-electron chi connectivity index (χ4n) is 2.20. The van der Waals surface area contributed by atoms with Gasteiger partial charge in [-0.1, -0.05) is 32.9 Å². The molecule has 4 heteroatoms. The van der Waals surface area contributed by atoms with E-state index in [1.165, 1.54) is 5.56 Å². The van der Waals surface area contributed by atoms with Crippen molar-refractivity contribution >= 4 is 17.3 Å². The van der Waals surface area contributed by atoms with Gasteiger partial charge in [-0.3, -0.25) is 9.78 Å². The smallest absolute Gasteiger partial charge is 0.252 e. The normalized spacial score (nSPS) is 10.6. The summed E-state index contributed by atoms with van der Waals surface area (Å²) in [6.45, 7) is 7.10. The van der Waals surface area contributed by atoms with E-state index < -0.39 is 0 Å². The van der Waals surface area contributed by atoms with Crippen molar-refractivity contribution in [3.8, 4) is 0 Å². The molecule has 0 atom stereocenters. The first-order valence-corrected chi connectivity index (χ1v) is 8.17. The zero-order valence-electron chi connectivity index (χ0n) is 14.1. The third-order valence-electron chi connectivity index (χ3n) is 3.66. The van der Waals surface area contributed by atoms with Gasteiger partial charge in [0.1, 0.15) is 0 Å². The maximum atomic E-state index is 12.1. The molecule has 4 nitrogen and oxygen atoms in total. The quantitative estimate of drug-likeness (QED) is 0.807. The van der Waals surface area contributed by atoms with Crippen molar-refractivity contribution in [1.82, 2.24) is 10.3 Å². The number of carbonyl (C=O) groups excluding carboxylic acids is 1. The molecule has 0 bridgehead atoms. The van der Waals surface area contributed by atoms with Gasteiger partial charge in [-0.05, 0) is 42.5 Å². The van der Waals surface area contributed by atoms with Crippen LogP contribution in [0.5, 0.6) is 0 Å². The van der Waals surface area contributed by atoms with Crippen molar-refractivity contribution in [2.45, 2.75) is 33.6 Å². The number of nitrogens with zero attached hydrogens (tertiary/aromatic N) is 1. The summed E-state index contributed by atoms with van der Waals surface area (Å²) in [6, 6.07) is 10.1. The minimum Gasteiger partial charge on any atom is -0.354 e. The van der Waals surface area contributed by atoms with Crippen LogP contribution < -0.4 is 10.6 Å². The van der Waals surface area contributed by atoms with Crippen molar-refractivity contribution in [1.29, 1.82) is 0 Å². The van der Waals surface area contributed by atoms with Gasteiger partial charge in [0.2, 0.25) is 0 Å². The Hall–Kier alpha value is -2.36. The zero-order chi connectivity index (χ0) is 16.7. The molecule has 122 valence electrons. The Morgan fingerprint density at radius 3 is 2.52 bits per heavy atom. The molecule has 1 aromatic carbocycles. The van der Waals surface area contributed by atoms with E-state index in [0.717, 1.165) is 24.2 Å². The maximum absolute atomic E-state index is 12.1. The van der Waals surface area contributed by atoms with Crippen molar-refractivity contribution in [3.05, 3.63) is 53.9 Å². The van der Waals surface area contributed by atoms with Gasteiger partial charge in [0.05, 0.1) is 17.4 Å². The van der Waals surface area contributed by atoms with Crippen molar-refractivity contribution in [2.75, 3.05) is 11.9 Å². The number of aromatic nitrogens is 1. The van der Waals surface area contributed by atoms with Crippen LogP contribution in [0.25, 0.3) is 0 Å². The highest BCUT2D eigenvalue weighted by Gasteiger charge is 2.07. The summed E-state index contributed by atoms with van der Waals surface area (Å²) in [7, 11) is 0. The highest BCUT2D eigenvalue weighted by molar-refractivity contribution is 5.94. The second-order valence-corrected chi connectivity index (χ2v) is 6.08. The predicted octanol–water partition coefficient (Wildman–Crippen LogP) is 4.16. The first kappa shape index (κ1) is 17.0. The number of nitrogens with one attached hydrogen (secondary N) is 2. The van der Waals surface area contributed by atoms with Crippen LogP contribution in [-0.2, 0) is 6.42 Å². The van der Waals surface area contributed by atoms with Crippen LogP contribution >= 0.6 is 0 Å². The van der Waals surface area contributed by atoms with E-state index in [4.69, 9.17) is 0 Å². The number of anilines is 2. The molecule has 1 heterocycles. The van der Waals surface area contributed by atoms with E-state index in [1.54, 1.807) is 12.4 Å². The van der Waals surface area contributed by atoms with Crippen LogP contribution in [0, 0.1) is 5.92 Å². The van der Waals surface area contributed by atoms with Crippen LogP contribution in [0.2, 0.25) is 0 Å². The Morgan fingerprint density at radius 2 is 1.87 bits per heavy atom. The fourth-order valence-corrected chi connectivity index (χ4v) is 2.20. The molecule has 23 heavy (non-hydrogen) atoms.